The molecule has 2 aromatic heterocycles. The number of rotatable bonds is 5. The Kier molecular flexibility index (Phi) is 7.19. The molecule has 3 aromatic carbocycles. The van der Waals surface area contributed by atoms with Gasteiger partial charge in [0.05, 0.1) is 13.2 Å². The number of hydrogen-bond donors (Lipinski definition) is 0. The third-order valence-electron chi connectivity index (χ3n) is 8.69. The van der Waals surface area contributed by atoms with E-state index in [4.69, 9.17) is 0 Å². The van der Waals surface area contributed by atoms with E-state index in [1.807, 2.05) is 0 Å². The van der Waals surface area contributed by atoms with Gasteiger partial charge in [0.2, 0.25) is 0 Å². The Morgan fingerprint density at radius 2 is 1.35 bits per heavy atom. The van der Waals surface area contributed by atoms with Crippen LogP contribution in [-0.2, 0) is 12.5 Å². The molecule has 0 aliphatic rings. The Morgan fingerprint density at radius 1 is 0.725 bits per heavy atom. The van der Waals surface area contributed by atoms with E-state index < -0.39 is 0 Å². The van der Waals surface area contributed by atoms with Gasteiger partial charge >= 0.3 is 0 Å². The molecule has 2 heteroatoms. The summed E-state index contributed by atoms with van der Waals surface area (Å²) in [5.74, 6) is 2.49. The molecule has 0 saturated heterocycles. The van der Waals surface area contributed by atoms with Gasteiger partial charge in [0.15, 0.2) is 0 Å². The summed E-state index contributed by atoms with van der Waals surface area (Å²) < 4.78 is 4.79. The minimum atomic E-state index is 0.0703. The van der Waals surface area contributed by atoms with Crippen LogP contribution < -0.4 is 4.57 Å². The molecule has 0 unspecified atom stereocenters. The van der Waals surface area contributed by atoms with Gasteiger partial charge in [-0.15, -0.1) is 0 Å². The highest BCUT2D eigenvalue weighted by Gasteiger charge is 2.29. The van der Waals surface area contributed by atoms with E-state index in [9.17, 15) is 0 Å². The largest absolute Gasteiger partial charge is 0.286 e. The lowest BCUT2D eigenvalue weighted by atomic mass is 9.79. The molecule has 0 saturated carbocycles. The molecule has 0 aliphatic heterocycles. The average Bonchev–Trinajstić information content (AvgIpc) is 3.22. The van der Waals surface area contributed by atoms with E-state index >= 15 is 0 Å². The van der Waals surface area contributed by atoms with E-state index in [0.717, 1.165) is 0 Å². The summed E-state index contributed by atoms with van der Waals surface area (Å²) in [5.41, 5.74) is 12.6. The Morgan fingerprint density at radius 3 is 1.93 bits per heavy atom. The maximum Gasteiger partial charge on any atom is 0.286 e. The molecule has 0 atom stereocenters. The molecule has 40 heavy (non-hydrogen) atoms. The van der Waals surface area contributed by atoms with Gasteiger partial charge in [0, 0.05) is 22.4 Å². The van der Waals surface area contributed by atoms with Crippen molar-refractivity contribution in [3.8, 4) is 16.9 Å². The molecule has 0 fully saturated rings. The molecule has 0 bridgehead atoms. The fourth-order valence-corrected chi connectivity index (χ4v) is 6.63. The van der Waals surface area contributed by atoms with Gasteiger partial charge in [-0.05, 0) is 87.7 Å². The van der Waals surface area contributed by atoms with E-state index in [1.54, 1.807) is 0 Å². The summed E-state index contributed by atoms with van der Waals surface area (Å²) in [6, 6.07) is 23.1. The number of aromatic nitrogens is 2. The quantitative estimate of drug-likeness (QED) is 0.199. The summed E-state index contributed by atoms with van der Waals surface area (Å²) in [5, 5.41) is 2.65. The zero-order valence-corrected chi connectivity index (χ0v) is 26.5. The van der Waals surface area contributed by atoms with Crippen LogP contribution >= 0.6 is 0 Å². The van der Waals surface area contributed by atoms with Crippen LogP contribution in [0.5, 0.6) is 0 Å². The van der Waals surface area contributed by atoms with Crippen molar-refractivity contribution in [3.05, 3.63) is 94.7 Å². The van der Waals surface area contributed by atoms with Crippen molar-refractivity contribution in [1.29, 1.82) is 0 Å². The molecule has 0 radical (unpaired) electrons. The van der Waals surface area contributed by atoms with Crippen LogP contribution in [0, 0.1) is 6.92 Å². The highest BCUT2D eigenvalue weighted by atomic mass is 15.1. The maximum absolute atomic E-state index is 2.53. The Bertz CT molecular complexity index is 1690. The van der Waals surface area contributed by atoms with Gasteiger partial charge in [0.25, 0.3) is 5.82 Å². The SMILES string of the molecule is Cc1c(C(C)C)c(-c2c(C(C)C)cccc2C(C)C)cc2c3ccccc3n(-c3cc(C(C)(C)C)cc[n+]3C)c12. The fraction of sp³-hybridized carbons (Fsp3) is 0.395. The summed E-state index contributed by atoms with van der Waals surface area (Å²) in [4.78, 5) is 0. The fourth-order valence-electron chi connectivity index (χ4n) is 6.63. The average molecular weight is 532 g/mol. The molecule has 0 amide bonds. The number of fused-ring (bicyclic) bond motifs is 3. The lowest BCUT2D eigenvalue weighted by molar-refractivity contribution is -0.665. The Balaban J connectivity index is 1.99. The number of para-hydroxylation sites is 1. The van der Waals surface area contributed by atoms with Gasteiger partial charge < -0.3 is 0 Å². The molecule has 5 rings (SSSR count). The van der Waals surface area contributed by atoms with Crippen LogP contribution in [0.2, 0.25) is 0 Å². The second-order valence-electron chi connectivity index (χ2n) is 13.6. The first-order valence-electron chi connectivity index (χ1n) is 15.0. The zero-order chi connectivity index (χ0) is 29.1. The number of aryl methyl sites for hydroxylation is 2. The summed E-state index contributed by atoms with van der Waals surface area (Å²) in [7, 11) is 2.17. The van der Waals surface area contributed by atoms with E-state index in [1.165, 1.54) is 66.6 Å². The number of benzene rings is 3. The monoisotopic (exact) mass is 531 g/mol. The molecule has 5 aromatic rings. The maximum atomic E-state index is 2.53. The van der Waals surface area contributed by atoms with Crippen molar-refractivity contribution in [2.24, 2.45) is 7.05 Å². The van der Waals surface area contributed by atoms with Crippen LogP contribution in [0.15, 0.2) is 66.9 Å². The summed E-state index contributed by atoms with van der Waals surface area (Å²) in [6.45, 7) is 23.3. The highest BCUT2D eigenvalue weighted by Crippen LogP contribution is 2.45. The molecular weight excluding hydrogens is 484 g/mol. The molecule has 0 N–H and O–H groups in total. The first kappa shape index (κ1) is 28.1. The number of nitrogens with zero attached hydrogens (tertiary/aromatic N) is 2. The van der Waals surface area contributed by atoms with Crippen molar-refractivity contribution < 1.29 is 4.57 Å². The van der Waals surface area contributed by atoms with Crippen LogP contribution in [0.25, 0.3) is 38.8 Å². The Hall–Kier alpha value is -3.39. The lowest BCUT2D eigenvalue weighted by Crippen LogP contribution is -2.34. The van der Waals surface area contributed by atoms with E-state index in [0.29, 0.717) is 17.8 Å². The first-order valence-corrected chi connectivity index (χ1v) is 15.0. The lowest BCUT2D eigenvalue weighted by Gasteiger charge is -2.25. The minimum absolute atomic E-state index is 0.0703. The van der Waals surface area contributed by atoms with Crippen LogP contribution in [-0.4, -0.2) is 4.57 Å². The van der Waals surface area contributed by atoms with Gasteiger partial charge in [-0.3, -0.25) is 0 Å². The Labute approximate surface area is 241 Å². The van der Waals surface area contributed by atoms with Crippen LogP contribution in [0.4, 0.5) is 0 Å². The van der Waals surface area contributed by atoms with Crippen molar-refractivity contribution in [1.82, 2.24) is 4.57 Å². The predicted molar refractivity (Wildman–Crippen MR) is 173 cm³/mol. The molecule has 208 valence electrons. The molecule has 2 nitrogen and oxygen atoms in total. The minimum Gasteiger partial charge on any atom is -0.237 e. The second kappa shape index (κ2) is 10.2. The molecule has 2 heterocycles. The molecule has 0 aliphatic carbocycles. The van der Waals surface area contributed by atoms with Gasteiger partial charge in [-0.25, -0.2) is 4.57 Å². The van der Waals surface area contributed by atoms with E-state index in [-0.39, 0.29) is 5.41 Å². The third kappa shape index (κ3) is 4.56. The van der Waals surface area contributed by atoms with Gasteiger partial charge in [-0.1, -0.05) is 92.6 Å². The normalized spacial score (nSPS) is 12.6. The topological polar surface area (TPSA) is 8.81 Å². The number of pyridine rings is 1. The second-order valence-corrected chi connectivity index (χ2v) is 13.6. The van der Waals surface area contributed by atoms with Crippen LogP contribution in [0.1, 0.15) is 108 Å². The van der Waals surface area contributed by atoms with Crippen molar-refractivity contribution >= 4 is 21.8 Å². The predicted octanol–water partition coefficient (Wildman–Crippen LogP) is 10.3. The smallest absolute Gasteiger partial charge is 0.237 e. The molecule has 0 spiro atoms. The van der Waals surface area contributed by atoms with Gasteiger partial charge in [-0.2, -0.15) is 4.57 Å². The van der Waals surface area contributed by atoms with Crippen molar-refractivity contribution in [2.45, 2.75) is 92.4 Å². The number of hydrogen-bond acceptors (Lipinski definition) is 0. The standard InChI is InChI=1S/C38H47N2/c1-23(2)28-16-14-17-29(24(3)4)36(28)32-22-31-30-15-12-13-18-33(30)40(37(31)26(7)35(32)25(5)6)34-21-27(38(8,9)10)19-20-39(34)11/h12-25H,1-11H3/q+1. The first-order chi connectivity index (χ1) is 18.8. The third-order valence-corrected chi connectivity index (χ3v) is 8.69. The zero-order valence-electron chi connectivity index (χ0n) is 26.5. The summed E-state index contributed by atoms with van der Waals surface area (Å²) >= 11 is 0. The molecular formula is C38H47N2+. The van der Waals surface area contributed by atoms with Crippen molar-refractivity contribution in [2.75, 3.05) is 0 Å². The van der Waals surface area contributed by atoms with Crippen molar-refractivity contribution in [3.63, 3.8) is 0 Å². The highest BCUT2D eigenvalue weighted by molar-refractivity contribution is 6.12. The van der Waals surface area contributed by atoms with Gasteiger partial charge in [0.1, 0.15) is 11.0 Å². The van der Waals surface area contributed by atoms with E-state index in [2.05, 4.69) is 152 Å². The van der Waals surface area contributed by atoms with Crippen LogP contribution in [0.3, 0.4) is 0 Å². The summed E-state index contributed by atoms with van der Waals surface area (Å²) in [6.07, 6.45) is 2.22.